The summed E-state index contributed by atoms with van der Waals surface area (Å²) in [4.78, 5) is 1.22. The highest BCUT2D eigenvalue weighted by molar-refractivity contribution is 7.71. The van der Waals surface area contributed by atoms with Gasteiger partial charge in [0, 0.05) is 11.3 Å². The van der Waals surface area contributed by atoms with Gasteiger partial charge < -0.3 is 4.74 Å². The minimum atomic E-state index is 0.487. The second-order valence-corrected chi connectivity index (χ2v) is 6.59. The highest BCUT2D eigenvalue weighted by atomic mass is 32.1. The highest BCUT2D eigenvalue weighted by Gasteiger charge is 2.06. The standard InChI is InChI=1S/C17H18N4OS2/c1-2-9-22-14-7-5-13(6-8-14)12-18-21-16(19-20-17(21)23)11-15-4-3-10-24-15/h3-8,10,12H,2,9,11H2,1H3,(H,20,23)/b18-12-. The van der Waals surface area contributed by atoms with E-state index in [1.54, 1.807) is 22.2 Å². The van der Waals surface area contributed by atoms with Crippen molar-refractivity contribution >= 4 is 29.8 Å². The molecule has 0 atom stereocenters. The summed E-state index contributed by atoms with van der Waals surface area (Å²) in [6.45, 7) is 2.81. The van der Waals surface area contributed by atoms with E-state index in [0.717, 1.165) is 30.2 Å². The fraction of sp³-hybridized carbons (Fsp3) is 0.235. The molecule has 0 unspecified atom stereocenters. The molecule has 0 saturated heterocycles. The quantitative estimate of drug-likeness (QED) is 0.507. The Kier molecular flexibility index (Phi) is 5.55. The topological polar surface area (TPSA) is 55.2 Å². The molecule has 0 saturated carbocycles. The first-order valence-electron chi connectivity index (χ1n) is 7.72. The van der Waals surface area contributed by atoms with Crippen LogP contribution >= 0.6 is 23.6 Å². The fourth-order valence-corrected chi connectivity index (χ4v) is 3.02. The second kappa shape index (κ2) is 8.03. The van der Waals surface area contributed by atoms with Crippen LogP contribution in [0.25, 0.3) is 0 Å². The molecule has 0 radical (unpaired) electrons. The Hall–Kier alpha value is -2.25. The summed E-state index contributed by atoms with van der Waals surface area (Å²) in [5, 5.41) is 13.6. The number of H-pyrrole nitrogens is 1. The molecule has 1 N–H and O–H groups in total. The van der Waals surface area contributed by atoms with Gasteiger partial charge in [-0.2, -0.15) is 14.9 Å². The normalized spacial score (nSPS) is 11.2. The predicted octanol–water partition coefficient (Wildman–Crippen LogP) is 4.26. The Morgan fingerprint density at radius 2 is 2.17 bits per heavy atom. The van der Waals surface area contributed by atoms with Crippen molar-refractivity contribution in [1.82, 2.24) is 14.9 Å². The zero-order valence-electron chi connectivity index (χ0n) is 13.3. The molecule has 5 nitrogen and oxygen atoms in total. The summed E-state index contributed by atoms with van der Waals surface area (Å²) >= 11 is 6.96. The van der Waals surface area contributed by atoms with Gasteiger partial charge in [0.15, 0.2) is 5.82 Å². The fourth-order valence-electron chi connectivity index (χ4n) is 2.12. The number of aromatic nitrogens is 3. The minimum absolute atomic E-state index is 0.487. The monoisotopic (exact) mass is 358 g/mol. The first-order chi connectivity index (χ1) is 11.8. The van der Waals surface area contributed by atoms with Crippen molar-refractivity contribution in [3.05, 3.63) is 62.8 Å². The average Bonchev–Trinajstić information content (AvgIpc) is 3.23. The van der Waals surface area contributed by atoms with Gasteiger partial charge >= 0.3 is 0 Å². The first kappa shape index (κ1) is 16.6. The third kappa shape index (κ3) is 4.18. The lowest BCUT2D eigenvalue weighted by molar-refractivity contribution is 0.317. The number of hydrogen-bond donors (Lipinski definition) is 1. The Morgan fingerprint density at radius 1 is 1.33 bits per heavy atom. The second-order valence-electron chi connectivity index (χ2n) is 5.17. The molecule has 0 bridgehead atoms. The van der Waals surface area contributed by atoms with Crippen molar-refractivity contribution in [2.75, 3.05) is 6.61 Å². The number of nitrogens with zero attached hydrogens (tertiary/aromatic N) is 3. The summed E-state index contributed by atoms with van der Waals surface area (Å²) in [6.07, 6.45) is 3.47. The Bertz CT molecular complexity index is 848. The van der Waals surface area contributed by atoms with Crippen LogP contribution in [0, 0.1) is 4.77 Å². The van der Waals surface area contributed by atoms with Gasteiger partial charge in [-0.15, -0.1) is 11.3 Å². The summed E-state index contributed by atoms with van der Waals surface area (Å²) in [6, 6.07) is 11.9. The van der Waals surface area contributed by atoms with Gasteiger partial charge in [-0.05, 0) is 59.9 Å². The number of rotatable bonds is 7. The smallest absolute Gasteiger partial charge is 0.216 e. The maximum Gasteiger partial charge on any atom is 0.216 e. The van der Waals surface area contributed by atoms with E-state index in [2.05, 4.69) is 28.3 Å². The van der Waals surface area contributed by atoms with Gasteiger partial charge in [-0.25, -0.2) is 0 Å². The van der Waals surface area contributed by atoms with Gasteiger partial charge in [0.25, 0.3) is 0 Å². The van der Waals surface area contributed by atoms with Gasteiger partial charge in [0.2, 0.25) is 4.77 Å². The summed E-state index contributed by atoms with van der Waals surface area (Å²) in [7, 11) is 0. The van der Waals surface area contributed by atoms with Crippen LogP contribution in [0.2, 0.25) is 0 Å². The van der Waals surface area contributed by atoms with Crippen LogP contribution in [-0.4, -0.2) is 27.7 Å². The van der Waals surface area contributed by atoms with Gasteiger partial charge in [0.05, 0.1) is 12.8 Å². The molecule has 0 spiro atoms. The van der Waals surface area contributed by atoms with Crippen molar-refractivity contribution in [1.29, 1.82) is 0 Å². The molecule has 1 aromatic carbocycles. The van der Waals surface area contributed by atoms with Crippen LogP contribution in [0.4, 0.5) is 0 Å². The van der Waals surface area contributed by atoms with Crippen LogP contribution in [0.5, 0.6) is 5.75 Å². The highest BCUT2D eigenvalue weighted by Crippen LogP contribution is 2.14. The molecular weight excluding hydrogens is 340 g/mol. The van der Waals surface area contributed by atoms with Crippen molar-refractivity contribution in [2.45, 2.75) is 19.8 Å². The lowest BCUT2D eigenvalue weighted by Gasteiger charge is -2.04. The van der Waals surface area contributed by atoms with E-state index in [0.29, 0.717) is 11.2 Å². The molecule has 0 aliphatic carbocycles. The van der Waals surface area contributed by atoms with Crippen molar-refractivity contribution in [3.8, 4) is 5.75 Å². The van der Waals surface area contributed by atoms with Crippen LogP contribution in [0.1, 0.15) is 29.6 Å². The van der Waals surface area contributed by atoms with Crippen molar-refractivity contribution in [3.63, 3.8) is 0 Å². The number of nitrogens with one attached hydrogen (secondary N) is 1. The SMILES string of the molecule is CCCOc1ccc(/C=N\n2c(Cc3cccs3)n[nH]c2=S)cc1. The molecule has 7 heteroatoms. The molecule has 124 valence electrons. The minimum Gasteiger partial charge on any atom is -0.494 e. The Labute approximate surface area is 149 Å². The van der Waals surface area contributed by atoms with Crippen LogP contribution < -0.4 is 4.74 Å². The molecule has 24 heavy (non-hydrogen) atoms. The molecule has 0 fully saturated rings. The Balaban J connectivity index is 1.74. The maximum atomic E-state index is 5.58. The molecule has 0 aliphatic rings. The van der Waals surface area contributed by atoms with Crippen LogP contribution in [0.3, 0.4) is 0 Å². The van der Waals surface area contributed by atoms with E-state index in [9.17, 15) is 0 Å². The van der Waals surface area contributed by atoms with Gasteiger partial charge in [0.1, 0.15) is 5.75 Å². The van der Waals surface area contributed by atoms with E-state index in [4.69, 9.17) is 17.0 Å². The summed E-state index contributed by atoms with van der Waals surface area (Å²) in [5.41, 5.74) is 0.976. The van der Waals surface area contributed by atoms with E-state index in [1.165, 1.54) is 4.88 Å². The van der Waals surface area contributed by atoms with E-state index >= 15 is 0 Å². The predicted molar refractivity (Wildman–Crippen MR) is 99.8 cm³/mol. The number of benzene rings is 1. The van der Waals surface area contributed by atoms with Crippen molar-refractivity contribution in [2.24, 2.45) is 5.10 Å². The molecule has 3 rings (SSSR count). The lowest BCUT2D eigenvalue weighted by Crippen LogP contribution is -1.99. The average molecular weight is 358 g/mol. The number of aromatic amines is 1. The maximum absolute atomic E-state index is 5.58. The summed E-state index contributed by atoms with van der Waals surface area (Å²) < 4.78 is 7.73. The molecular formula is C17H18N4OS2. The van der Waals surface area contributed by atoms with Crippen LogP contribution in [0.15, 0.2) is 46.9 Å². The lowest BCUT2D eigenvalue weighted by atomic mass is 10.2. The number of hydrogen-bond acceptors (Lipinski definition) is 5. The van der Waals surface area contributed by atoms with Gasteiger partial charge in [-0.3, -0.25) is 5.10 Å². The van der Waals surface area contributed by atoms with E-state index in [-0.39, 0.29) is 0 Å². The van der Waals surface area contributed by atoms with E-state index < -0.39 is 0 Å². The molecule has 2 aromatic heterocycles. The van der Waals surface area contributed by atoms with Crippen molar-refractivity contribution < 1.29 is 4.74 Å². The first-order valence-corrected chi connectivity index (χ1v) is 9.01. The third-order valence-electron chi connectivity index (χ3n) is 3.31. The molecule has 3 aromatic rings. The van der Waals surface area contributed by atoms with E-state index in [1.807, 2.05) is 35.7 Å². The molecule has 0 aliphatic heterocycles. The summed E-state index contributed by atoms with van der Waals surface area (Å²) in [5.74, 6) is 1.66. The zero-order chi connectivity index (χ0) is 16.8. The third-order valence-corrected chi connectivity index (χ3v) is 4.45. The number of thiophene rings is 1. The van der Waals surface area contributed by atoms with Gasteiger partial charge in [-0.1, -0.05) is 13.0 Å². The molecule has 0 amide bonds. The zero-order valence-corrected chi connectivity index (χ0v) is 14.9. The number of ether oxygens (including phenoxy) is 1. The van der Waals surface area contributed by atoms with Crippen LogP contribution in [-0.2, 0) is 6.42 Å². The molecule has 2 heterocycles. The Morgan fingerprint density at radius 3 is 2.88 bits per heavy atom. The largest absolute Gasteiger partial charge is 0.494 e.